The maximum Gasteiger partial charge on any atom is 0.218 e. The van der Waals surface area contributed by atoms with E-state index in [2.05, 4.69) is 53.4 Å². The summed E-state index contributed by atoms with van der Waals surface area (Å²) in [7, 11) is 0. The minimum atomic E-state index is 0.675. The predicted molar refractivity (Wildman–Crippen MR) is 96.1 cm³/mol. The molecule has 0 bridgehead atoms. The van der Waals surface area contributed by atoms with Crippen molar-refractivity contribution in [3.8, 4) is 5.88 Å². The van der Waals surface area contributed by atoms with Crippen LogP contribution in [0.5, 0.6) is 5.88 Å². The van der Waals surface area contributed by atoms with E-state index < -0.39 is 0 Å². The quantitative estimate of drug-likeness (QED) is 0.696. The minimum Gasteiger partial charge on any atom is -0.477 e. The first-order chi connectivity index (χ1) is 11.7. The van der Waals surface area contributed by atoms with E-state index in [0.717, 1.165) is 40.3 Å². The SMILES string of the molecule is CCCOc1nc2cc(C)ccc2cc1CNCc1ncc(C)[nH]1. The number of fused-ring (bicyclic) bond motifs is 1. The Balaban J connectivity index is 1.79. The molecule has 3 aromatic rings. The van der Waals surface area contributed by atoms with Crippen LogP contribution in [0.2, 0.25) is 0 Å². The molecule has 0 radical (unpaired) electrons. The Kier molecular flexibility index (Phi) is 5.11. The Hall–Kier alpha value is -2.40. The third-order valence-electron chi connectivity index (χ3n) is 3.82. The third-order valence-corrected chi connectivity index (χ3v) is 3.82. The molecule has 2 heterocycles. The van der Waals surface area contributed by atoms with E-state index in [9.17, 15) is 0 Å². The number of aromatic amines is 1. The van der Waals surface area contributed by atoms with Crippen LogP contribution in [0.1, 0.15) is 36.0 Å². The average Bonchev–Trinajstić information content (AvgIpc) is 2.98. The number of hydrogen-bond acceptors (Lipinski definition) is 4. The van der Waals surface area contributed by atoms with Gasteiger partial charge in [-0.25, -0.2) is 9.97 Å². The number of nitrogens with zero attached hydrogens (tertiary/aromatic N) is 2. The molecule has 0 spiro atoms. The largest absolute Gasteiger partial charge is 0.477 e. The number of rotatable bonds is 7. The second kappa shape index (κ2) is 7.45. The summed E-state index contributed by atoms with van der Waals surface area (Å²) in [5.74, 6) is 1.66. The van der Waals surface area contributed by atoms with E-state index >= 15 is 0 Å². The molecule has 0 saturated heterocycles. The Morgan fingerprint density at radius 1 is 1.17 bits per heavy atom. The van der Waals surface area contributed by atoms with Gasteiger partial charge in [0.05, 0.1) is 18.7 Å². The van der Waals surface area contributed by atoms with Crippen molar-refractivity contribution in [3.63, 3.8) is 0 Å². The highest BCUT2D eigenvalue weighted by Crippen LogP contribution is 2.23. The lowest BCUT2D eigenvalue weighted by molar-refractivity contribution is 0.302. The molecular formula is C19H24N4O. The van der Waals surface area contributed by atoms with Gasteiger partial charge in [0.2, 0.25) is 5.88 Å². The van der Waals surface area contributed by atoms with Crippen LogP contribution in [0, 0.1) is 13.8 Å². The fraction of sp³-hybridized carbons (Fsp3) is 0.368. The van der Waals surface area contributed by atoms with E-state index in [1.165, 1.54) is 5.56 Å². The summed E-state index contributed by atoms with van der Waals surface area (Å²) in [4.78, 5) is 12.3. The van der Waals surface area contributed by atoms with E-state index in [0.29, 0.717) is 19.7 Å². The van der Waals surface area contributed by atoms with Crippen molar-refractivity contribution in [1.82, 2.24) is 20.3 Å². The lowest BCUT2D eigenvalue weighted by Gasteiger charge is -2.12. The van der Waals surface area contributed by atoms with Gasteiger partial charge in [-0.2, -0.15) is 0 Å². The number of benzene rings is 1. The van der Waals surface area contributed by atoms with Crippen molar-refractivity contribution in [3.05, 3.63) is 53.1 Å². The predicted octanol–water partition coefficient (Wildman–Crippen LogP) is 3.65. The number of aryl methyl sites for hydroxylation is 2. The summed E-state index contributed by atoms with van der Waals surface area (Å²) in [6, 6.07) is 8.48. The molecule has 5 nitrogen and oxygen atoms in total. The molecule has 2 N–H and O–H groups in total. The molecule has 0 aliphatic rings. The Morgan fingerprint density at radius 3 is 2.79 bits per heavy atom. The highest BCUT2D eigenvalue weighted by molar-refractivity contribution is 5.80. The Bertz CT molecular complexity index is 825. The van der Waals surface area contributed by atoms with Gasteiger partial charge in [-0.1, -0.05) is 19.1 Å². The van der Waals surface area contributed by atoms with Crippen molar-refractivity contribution >= 4 is 10.9 Å². The molecule has 0 amide bonds. The van der Waals surface area contributed by atoms with Crippen LogP contribution in [0.25, 0.3) is 10.9 Å². The van der Waals surface area contributed by atoms with E-state index in [4.69, 9.17) is 9.72 Å². The van der Waals surface area contributed by atoms with Gasteiger partial charge in [-0.05, 0) is 38.0 Å². The monoisotopic (exact) mass is 324 g/mol. The third kappa shape index (κ3) is 3.92. The topological polar surface area (TPSA) is 62.8 Å². The number of aromatic nitrogens is 3. The van der Waals surface area contributed by atoms with Crippen LogP contribution >= 0.6 is 0 Å². The van der Waals surface area contributed by atoms with Gasteiger partial charge >= 0.3 is 0 Å². The zero-order valence-electron chi connectivity index (χ0n) is 14.5. The van der Waals surface area contributed by atoms with Gasteiger partial charge in [0, 0.05) is 29.4 Å². The molecule has 0 saturated carbocycles. The van der Waals surface area contributed by atoms with E-state index in [-0.39, 0.29) is 0 Å². The maximum atomic E-state index is 5.87. The standard InChI is InChI=1S/C19H24N4O/c1-4-7-24-19-16(11-20-12-18-21-10-14(3)22-18)9-15-6-5-13(2)8-17(15)23-19/h5-6,8-10,20H,4,7,11-12H2,1-3H3,(H,21,22). The summed E-state index contributed by atoms with van der Waals surface area (Å²) in [5, 5.41) is 4.54. The Labute approximate surface area is 142 Å². The zero-order valence-corrected chi connectivity index (χ0v) is 14.5. The first kappa shape index (κ1) is 16.5. The molecule has 1 aromatic carbocycles. The molecule has 3 rings (SSSR count). The molecule has 0 aliphatic carbocycles. The highest BCUT2D eigenvalue weighted by atomic mass is 16.5. The zero-order chi connectivity index (χ0) is 16.9. The molecule has 126 valence electrons. The number of imidazole rings is 1. The van der Waals surface area contributed by atoms with E-state index in [1.807, 2.05) is 13.1 Å². The average molecular weight is 324 g/mol. The van der Waals surface area contributed by atoms with Crippen molar-refractivity contribution < 1.29 is 4.74 Å². The smallest absolute Gasteiger partial charge is 0.218 e. The summed E-state index contributed by atoms with van der Waals surface area (Å²) in [6.45, 7) is 8.23. The number of ether oxygens (including phenoxy) is 1. The molecule has 0 aliphatic heterocycles. The van der Waals surface area contributed by atoms with Gasteiger partial charge in [-0.3, -0.25) is 0 Å². The fourth-order valence-corrected chi connectivity index (χ4v) is 2.63. The summed E-state index contributed by atoms with van der Waals surface area (Å²) < 4.78 is 5.87. The van der Waals surface area contributed by atoms with Crippen LogP contribution in [-0.4, -0.2) is 21.6 Å². The van der Waals surface area contributed by atoms with Gasteiger partial charge in [0.1, 0.15) is 5.82 Å². The van der Waals surface area contributed by atoms with Crippen molar-refractivity contribution in [1.29, 1.82) is 0 Å². The number of hydrogen-bond donors (Lipinski definition) is 2. The molecule has 24 heavy (non-hydrogen) atoms. The second-order valence-corrected chi connectivity index (χ2v) is 6.11. The van der Waals surface area contributed by atoms with Crippen LogP contribution in [-0.2, 0) is 13.1 Å². The van der Waals surface area contributed by atoms with E-state index in [1.54, 1.807) is 0 Å². The fourth-order valence-electron chi connectivity index (χ4n) is 2.63. The number of pyridine rings is 1. The molecule has 2 aromatic heterocycles. The minimum absolute atomic E-state index is 0.675. The molecule has 0 fully saturated rings. The van der Waals surface area contributed by atoms with Crippen molar-refractivity contribution in [2.45, 2.75) is 40.3 Å². The molecular weight excluding hydrogens is 300 g/mol. The van der Waals surface area contributed by atoms with Gasteiger partial charge in [0.15, 0.2) is 0 Å². The number of nitrogens with one attached hydrogen (secondary N) is 2. The molecule has 5 heteroatoms. The normalized spacial score (nSPS) is 11.1. The van der Waals surface area contributed by atoms with Crippen LogP contribution < -0.4 is 10.1 Å². The first-order valence-corrected chi connectivity index (χ1v) is 8.40. The molecule has 0 atom stereocenters. The van der Waals surface area contributed by atoms with Crippen LogP contribution in [0.15, 0.2) is 30.5 Å². The van der Waals surface area contributed by atoms with Crippen LogP contribution in [0.3, 0.4) is 0 Å². The maximum absolute atomic E-state index is 5.87. The molecule has 0 unspecified atom stereocenters. The second-order valence-electron chi connectivity index (χ2n) is 6.11. The number of H-pyrrole nitrogens is 1. The summed E-state index contributed by atoms with van der Waals surface area (Å²) in [5.41, 5.74) is 4.33. The lowest BCUT2D eigenvalue weighted by atomic mass is 10.1. The van der Waals surface area contributed by atoms with Crippen molar-refractivity contribution in [2.24, 2.45) is 0 Å². The van der Waals surface area contributed by atoms with Gasteiger partial charge in [-0.15, -0.1) is 0 Å². The highest BCUT2D eigenvalue weighted by Gasteiger charge is 2.09. The van der Waals surface area contributed by atoms with Crippen molar-refractivity contribution in [2.75, 3.05) is 6.61 Å². The van der Waals surface area contributed by atoms with Crippen LogP contribution in [0.4, 0.5) is 0 Å². The first-order valence-electron chi connectivity index (χ1n) is 8.40. The van der Waals surface area contributed by atoms with Gasteiger partial charge in [0.25, 0.3) is 0 Å². The van der Waals surface area contributed by atoms with Gasteiger partial charge < -0.3 is 15.0 Å². The summed E-state index contributed by atoms with van der Waals surface area (Å²) in [6.07, 6.45) is 2.80. The lowest BCUT2D eigenvalue weighted by Crippen LogP contribution is -2.15. The summed E-state index contributed by atoms with van der Waals surface area (Å²) >= 11 is 0. The Morgan fingerprint density at radius 2 is 2.04 bits per heavy atom.